The minimum absolute atomic E-state index is 0.0644. The molecule has 2 amide bonds. The van der Waals surface area contributed by atoms with Gasteiger partial charge in [0, 0.05) is 26.7 Å². The van der Waals surface area contributed by atoms with Crippen LogP contribution in [-0.4, -0.2) is 105 Å². The predicted octanol–water partition coefficient (Wildman–Crippen LogP) is -0.279. The second-order valence-electron chi connectivity index (χ2n) is 9.97. The molecule has 2 aliphatic rings. The number of aliphatic hydroxyl groups is 2. The van der Waals surface area contributed by atoms with Crippen LogP contribution in [0, 0.1) is 11.8 Å². The molecule has 0 spiro atoms. The van der Waals surface area contributed by atoms with Crippen LogP contribution in [0.15, 0.2) is 6.33 Å². The van der Waals surface area contributed by atoms with Crippen molar-refractivity contribution in [2.45, 2.75) is 58.2 Å². The molecule has 4 atom stereocenters. The molecule has 5 N–H and O–H groups in total. The minimum atomic E-state index is -1.44. The average molecular weight is 519 g/mol. The molecule has 2 aromatic heterocycles. The normalized spacial score (nSPS) is 25.1. The molecule has 0 aromatic carbocycles. The van der Waals surface area contributed by atoms with Crippen molar-refractivity contribution in [1.82, 2.24) is 35.1 Å². The van der Waals surface area contributed by atoms with E-state index in [4.69, 9.17) is 4.74 Å². The summed E-state index contributed by atoms with van der Waals surface area (Å²) in [4.78, 5) is 40.6. The Kier molecular flexibility index (Phi) is 8.57. The molecule has 4 heterocycles. The van der Waals surface area contributed by atoms with Gasteiger partial charge in [-0.2, -0.15) is 0 Å². The van der Waals surface area contributed by atoms with Gasteiger partial charge in [0.2, 0.25) is 5.82 Å². The van der Waals surface area contributed by atoms with Crippen molar-refractivity contribution in [2.75, 3.05) is 45.1 Å². The fraction of sp³-hybridized carbons (Fsp3) is 0.708. The lowest BCUT2D eigenvalue weighted by atomic mass is 9.87. The largest absolute Gasteiger partial charge is 0.387 e. The molecule has 0 aliphatic carbocycles. The van der Waals surface area contributed by atoms with Crippen LogP contribution in [0.5, 0.6) is 0 Å². The number of carbonyl (C=O) groups excluding carboxylic acids is 2. The number of aliphatic hydroxyl groups excluding tert-OH is 2. The number of ether oxygens (including phenoxy) is 1. The van der Waals surface area contributed by atoms with Gasteiger partial charge in [0.05, 0.1) is 6.33 Å². The van der Waals surface area contributed by atoms with Crippen molar-refractivity contribution < 1.29 is 24.5 Å². The van der Waals surface area contributed by atoms with E-state index >= 15 is 0 Å². The Morgan fingerprint density at radius 1 is 1.16 bits per heavy atom. The standard InChI is InChI=1S/C24H38N8O5/c1-5-26-22(35)18-16(33)17(34)24(37-18)32-12-28-15-19(25-4)29-20(30-21(15)32)23(36)27-8-11-31-9-6-14(7-10-31)13(2)3/h12-14,16-18,24,33-34H,5-11H2,1-4H3,(H,26,35)(H,27,36)(H,25,29,30)/t16-,17+,18-,24+/m0/s1. The van der Waals surface area contributed by atoms with Gasteiger partial charge in [0.25, 0.3) is 11.8 Å². The molecule has 0 bridgehead atoms. The zero-order valence-corrected chi connectivity index (χ0v) is 21.8. The van der Waals surface area contributed by atoms with Crippen LogP contribution in [0.25, 0.3) is 11.2 Å². The molecular formula is C24H38N8O5. The zero-order valence-electron chi connectivity index (χ0n) is 21.8. The van der Waals surface area contributed by atoms with Crippen LogP contribution in [0.1, 0.15) is 50.5 Å². The van der Waals surface area contributed by atoms with Gasteiger partial charge >= 0.3 is 0 Å². The monoisotopic (exact) mass is 518 g/mol. The molecule has 13 heteroatoms. The second-order valence-corrected chi connectivity index (χ2v) is 9.97. The molecule has 2 saturated heterocycles. The minimum Gasteiger partial charge on any atom is -0.387 e. The quantitative estimate of drug-likeness (QED) is 0.298. The third-order valence-electron chi connectivity index (χ3n) is 7.27. The summed E-state index contributed by atoms with van der Waals surface area (Å²) in [7, 11) is 1.65. The van der Waals surface area contributed by atoms with Gasteiger partial charge in [-0.25, -0.2) is 15.0 Å². The molecule has 13 nitrogen and oxygen atoms in total. The van der Waals surface area contributed by atoms with E-state index in [9.17, 15) is 19.8 Å². The number of carbonyl (C=O) groups is 2. The molecule has 0 saturated carbocycles. The second kappa shape index (κ2) is 11.7. The molecule has 37 heavy (non-hydrogen) atoms. The maximum atomic E-state index is 12.9. The van der Waals surface area contributed by atoms with Crippen LogP contribution < -0.4 is 16.0 Å². The lowest BCUT2D eigenvalue weighted by molar-refractivity contribution is -0.137. The summed E-state index contributed by atoms with van der Waals surface area (Å²) in [5.74, 6) is 0.762. The van der Waals surface area contributed by atoms with Gasteiger partial charge in [-0.3, -0.25) is 14.2 Å². The molecule has 4 rings (SSSR count). The number of nitrogens with zero attached hydrogens (tertiary/aromatic N) is 5. The van der Waals surface area contributed by atoms with E-state index in [-0.39, 0.29) is 11.5 Å². The first-order valence-electron chi connectivity index (χ1n) is 13.0. The van der Waals surface area contributed by atoms with Gasteiger partial charge in [0.1, 0.15) is 12.2 Å². The summed E-state index contributed by atoms with van der Waals surface area (Å²) >= 11 is 0. The number of hydrogen-bond acceptors (Lipinski definition) is 10. The molecule has 0 unspecified atom stereocenters. The van der Waals surface area contributed by atoms with E-state index in [1.807, 2.05) is 0 Å². The highest BCUT2D eigenvalue weighted by atomic mass is 16.6. The zero-order chi connectivity index (χ0) is 26.7. The summed E-state index contributed by atoms with van der Waals surface area (Å²) < 4.78 is 7.11. The Balaban J connectivity index is 1.47. The Bertz CT molecular complexity index is 1100. The van der Waals surface area contributed by atoms with Crippen molar-refractivity contribution in [2.24, 2.45) is 11.8 Å². The molecule has 2 aromatic rings. The number of rotatable bonds is 9. The van der Waals surface area contributed by atoms with E-state index in [1.165, 1.54) is 23.7 Å². The summed E-state index contributed by atoms with van der Waals surface area (Å²) in [6.07, 6.45) is -1.50. The fourth-order valence-electron chi connectivity index (χ4n) is 5.01. The molecule has 2 aliphatic heterocycles. The summed E-state index contributed by atoms with van der Waals surface area (Å²) in [5.41, 5.74) is 0.590. The highest BCUT2D eigenvalue weighted by Crippen LogP contribution is 2.32. The van der Waals surface area contributed by atoms with Gasteiger partial charge in [-0.15, -0.1) is 0 Å². The number of piperidine rings is 1. The van der Waals surface area contributed by atoms with Crippen molar-refractivity contribution >= 4 is 28.8 Å². The summed E-state index contributed by atoms with van der Waals surface area (Å²) in [5, 5.41) is 29.4. The van der Waals surface area contributed by atoms with E-state index in [0.29, 0.717) is 30.3 Å². The molecule has 204 valence electrons. The maximum absolute atomic E-state index is 12.9. The predicted molar refractivity (Wildman–Crippen MR) is 136 cm³/mol. The number of nitrogens with one attached hydrogen (secondary N) is 3. The average Bonchev–Trinajstić information content (AvgIpc) is 3.44. The topological polar surface area (TPSA) is 167 Å². The number of likely N-dealkylation sites (tertiary alicyclic amines) is 1. The van der Waals surface area contributed by atoms with Crippen molar-refractivity contribution in [1.29, 1.82) is 0 Å². The van der Waals surface area contributed by atoms with Crippen LogP contribution in [0.2, 0.25) is 0 Å². The molecule has 2 fully saturated rings. The summed E-state index contributed by atoms with van der Waals surface area (Å²) in [6, 6.07) is 0. The highest BCUT2D eigenvalue weighted by Gasteiger charge is 2.47. The van der Waals surface area contributed by atoms with Crippen LogP contribution >= 0.6 is 0 Å². The van der Waals surface area contributed by atoms with Crippen molar-refractivity contribution in [3.63, 3.8) is 0 Å². The van der Waals surface area contributed by atoms with E-state index < -0.39 is 36.4 Å². The fourth-order valence-corrected chi connectivity index (χ4v) is 5.01. The van der Waals surface area contributed by atoms with Crippen LogP contribution in [0.4, 0.5) is 5.82 Å². The lowest BCUT2D eigenvalue weighted by Gasteiger charge is -2.33. The number of fused-ring (bicyclic) bond motifs is 1. The third-order valence-corrected chi connectivity index (χ3v) is 7.27. The van der Waals surface area contributed by atoms with E-state index in [0.717, 1.165) is 25.6 Å². The lowest BCUT2D eigenvalue weighted by Crippen LogP contribution is -2.42. The third kappa shape index (κ3) is 5.69. The number of hydrogen-bond donors (Lipinski definition) is 5. The number of anilines is 1. The summed E-state index contributed by atoms with van der Waals surface area (Å²) in [6.45, 7) is 9.90. The highest BCUT2D eigenvalue weighted by molar-refractivity contribution is 5.94. The Labute approximate surface area is 216 Å². The Morgan fingerprint density at radius 3 is 2.54 bits per heavy atom. The smallest absolute Gasteiger partial charge is 0.289 e. The first-order valence-corrected chi connectivity index (χ1v) is 13.0. The Morgan fingerprint density at radius 2 is 1.89 bits per heavy atom. The number of amides is 2. The van der Waals surface area contributed by atoms with Gasteiger partial charge in [-0.05, 0) is 44.7 Å². The molecule has 0 radical (unpaired) electrons. The Hall–Kier alpha value is -2.87. The first kappa shape index (κ1) is 27.2. The van der Waals surface area contributed by atoms with Crippen molar-refractivity contribution in [3.8, 4) is 0 Å². The number of aromatic nitrogens is 4. The van der Waals surface area contributed by atoms with Gasteiger partial charge in [-0.1, -0.05) is 13.8 Å². The van der Waals surface area contributed by atoms with E-state index in [2.05, 4.69) is 49.6 Å². The van der Waals surface area contributed by atoms with Crippen LogP contribution in [-0.2, 0) is 9.53 Å². The van der Waals surface area contributed by atoms with Gasteiger partial charge in [0.15, 0.2) is 29.3 Å². The number of imidazole rings is 1. The van der Waals surface area contributed by atoms with Crippen molar-refractivity contribution in [3.05, 3.63) is 12.2 Å². The van der Waals surface area contributed by atoms with E-state index in [1.54, 1.807) is 14.0 Å². The molecular weight excluding hydrogens is 480 g/mol. The van der Waals surface area contributed by atoms with Gasteiger partial charge < -0.3 is 35.8 Å². The first-order chi connectivity index (χ1) is 17.7. The maximum Gasteiger partial charge on any atom is 0.289 e. The number of likely N-dealkylation sites (N-methyl/N-ethyl adjacent to an activating group) is 1. The SMILES string of the molecule is CCNC(=O)[C@H]1O[C@@H](n2cnc3c(NC)nc(C(=O)NCCN4CCC(C(C)C)CC4)nc32)[C@H](O)[C@@H]1O. The van der Waals surface area contributed by atoms with Crippen LogP contribution in [0.3, 0.4) is 0 Å².